The molecule has 1 N–H and O–H groups in total. The molecule has 1 heterocycles. The summed E-state index contributed by atoms with van der Waals surface area (Å²) < 4.78 is 4.25. The number of benzene rings is 1. The maximum absolute atomic E-state index is 5.50. The Bertz CT molecular complexity index is 622. The van der Waals surface area contributed by atoms with Gasteiger partial charge in [-0.3, -0.25) is 0 Å². The summed E-state index contributed by atoms with van der Waals surface area (Å²) in [5.41, 5.74) is 2.35. The standard InChI is InChI=1S/C14H17BrN2S/c1-9(10-4-2-3-5-10)17-13-8-11(15)6-7-12(13)16-14(17)18/h6-10H,2-5H2,1H3,(H,16,18). The molecule has 1 unspecified atom stereocenters. The second-order valence-electron chi connectivity index (χ2n) is 5.25. The lowest BCUT2D eigenvalue weighted by atomic mass is 9.99. The number of hydrogen-bond acceptors (Lipinski definition) is 1. The molecule has 0 radical (unpaired) electrons. The predicted octanol–water partition coefficient (Wildman–Crippen LogP) is 5.21. The van der Waals surface area contributed by atoms with Crippen LogP contribution in [-0.2, 0) is 0 Å². The van der Waals surface area contributed by atoms with Crippen molar-refractivity contribution in [2.45, 2.75) is 38.6 Å². The SMILES string of the molecule is CC(C1CCCC1)n1c(=S)[nH]c2ccc(Br)cc21. The first-order valence-corrected chi connectivity index (χ1v) is 7.76. The van der Waals surface area contributed by atoms with E-state index in [9.17, 15) is 0 Å². The molecule has 18 heavy (non-hydrogen) atoms. The van der Waals surface area contributed by atoms with Crippen LogP contribution in [-0.4, -0.2) is 9.55 Å². The van der Waals surface area contributed by atoms with Gasteiger partial charge in [-0.15, -0.1) is 0 Å². The van der Waals surface area contributed by atoms with Crippen molar-refractivity contribution in [2.24, 2.45) is 5.92 Å². The summed E-state index contributed by atoms with van der Waals surface area (Å²) in [6.45, 7) is 2.31. The van der Waals surface area contributed by atoms with Gasteiger partial charge in [0.2, 0.25) is 0 Å². The summed E-state index contributed by atoms with van der Waals surface area (Å²) in [5, 5.41) is 0. The van der Waals surface area contributed by atoms with Crippen molar-refractivity contribution in [3.05, 3.63) is 27.4 Å². The molecular formula is C14H17BrN2S. The molecule has 96 valence electrons. The van der Waals surface area contributed by atoms with E-state index in [-0.39, 0.29) is 0 Å². The molecule has 1 fully saturated rings. The van der Waals surface area contributed by atoms with Gasteiger partial charge in [-0.2, -0.15) is 0 Å². The Morgan fingerprint density at radius 2 is 2.11 bits per heavy atom. The summed E-state index contributed by atoms with van der Waals surface area (Å²) in [6, 6.07) is 6.79. The highest BCUT2D eigenvalue weighted by Gasteiger charge is 2.24. The largest absolute Gasteiger partial charge is 0.331 e. The topological polar surface area (TPSA) is 20.7 Å². The van der Waals surface area contributed by atoms with Crippen LogP contribution in [0.5, 0.6) is 0 Å². The molecule has 1 aromatic carbocycles. The van der Waals surface area contributed by atoms with Crippen LogP contribution in [0.1, 0.15) is 38.6 Å². The highest BCUT2D eigenvalue weighted by atomic mass is 79.9. The molecular weight excluding hydrogens is 308 g/mol. The maximum Gasteiger partial charge on any atom is 0.178 e. The molecule has 2 aromatic rings. The van der Waals surface area contributed by atoms with Gasteiger partial charge in [0.05, 0.1) is 11.0 Å². The lowest BCUT2D eigenvalue weighted by Gasteiger charge is -2.21. The van der Waals surface area contributed by atoms with Crippen LogP contribution < -0.4 is 0 Å². The van der Waals surface area contributed by atoms with Crippen LogP contribution in [0, 0.1) is 10.7 Å². The van der Waals surface area contributed by atoms with E-state index in [0.29, 0.717) is 6.04 Å². The second kappa shape index (κ2) is 4.82. The van der Waals surface area contributed by atoms with Crippen molar-refractivity contribution < 1.29 is 0 Å². The molecule has 0 amide bonds. The first kappa shape index (κ1) is 12.4. The number of nitrogens with zero attached hydrogens (tertiary/aromatic N) is 1. The minimum Gasteiger partial charge on any atom is -0.331 e. The summed E-state index contributed by atoms with van der Waals surface area (Å²) in [6.07, 6.45) is 5.41. The van der Waals surface area contributed by atoms with E-state index in [1.165, 1.54) is 31.2 Å². The van der Waals surface area contributed by atoms with Crippen molar-refractivity contribution in [3.8, 4) is 0 Å². The number of halogens is 1. The fourth-order valence-electron chi connectivity index (χ4n) is 3.15. The van der Waals surface area contributed by atoms with Crippen LogP contribution in [0.3, 0.4) is 0 Å². The Balaban J connectivity index is 2.12. The summed E-state index contributed by atoms with van der Waals surface area (Å²) >= 11 is 9.05. The monoisotopic (exact) mass is 324 g/mol. The van der Waals surface area contributed by atoms with Gasteiger partial charge >= 0.3 is 0 Å². The fourth-order valence-corrected chi connectivity index (χ4v) is 3.87. The molecule has 4 heteroatoms. The van der Waals surface area contributed by atoms with Crippen molar-refractivity contribution in [1.82, 2.24) is 9.55 Å². The first-order chi connectivity index (χ1) is 8.66. The van der Waals surface area contributed by atoms with Crippen LogP contribution in [0.25, 0.3) is 11.0 Å². The third-order valence-electron chi connectivity index (χ3n) is 4.17. The third-order valence-corrected chi connectivity index (χ3v) is 4.96. The molecule has 0 aliphatic heterocycles. The zero-order valence-corrected chi connectivity index (χ0v) is 12.9. The highest BCUT2D eigenvalue weighted by Crippen LogP contribution is 2.36. The van der Waals surface area contributed by atoms with E-state index >= 15 is 0 Å². The minimum atomic E-state index is 0.489. The first-order valence-electron chi connectivity index (χ1n) is 6.56. The number of aromatic amines is 1. The van der Waals surface area contributed by atoms with E-state index < -0.39 is 0 Å². The van der Waals surface area contributed by atoms with Crippen molar-refractivity contribution in [1.29, 1.82) is 0 Å². The van der Waals surface area contributed by atoms with Gasteiger partial charge in [-0.1, -0.05) is 28.8 Å². The van der Waals surface area contributed by atoms with Crippen LogP contribution in [0.2, 0.25) is 0 Å². The Morgan fingerprint density at radius 3 is 2.83 bits per heavy atom. The van der Waals surface area contributed by atoms with Crippen molar-refractivity contribution >= 4 is 39.2 Å². The molecule has 3 rings (SSSR count). The highest BCUT2D eigenvalue weighted by molar-refractivity contribution is 9.10. The lowest BCUT2D eigenvalue weighted by Crippen LogP contribution is -2.14. The molecule has 1 aromatic heterocycles. The molecule has 1 saturated carbocycles. The second-order valence-corrected chi connectivity index (χ2v) is 6.55. The smallest absolute Gasteiger partial charge is 0.178 e. The summed E-state index contributed by atoms with van der Waals surface area (Å²) in [7, 11) is 0. The van der Waals surface area contributed by atoms with E-state index in [4.69, 9.17) is 12.2 Å². The van der Waals surface area contributed by atoms with Crippen LogP contribution >= 0.6 is 28.1 Å². The zero-order chi connectivity index (χ0) is 12.7. The fraction of sp³-hybridized carbons (Fsp3) is 0.500. The maximum atomic E-state index is 5.50. The van der Waals surface area contributed by atoms with Crippen molar-refractivity contribution in [3.63, 3.8) is 0 Å². The Kier molecular flexibility index (Phi) is 3.32. The average Bonchev–Trinajstić information content (AvgIpc) is 2.94. The molecule has 1 aliphatic rings. The van der Waals surface area contributed by atoms with Gasteiger partial charge in [0.15, 0.2) is 4.77 Å². The normalized spacial score (nSPS) is 18.6. The molecule has 1 atom stereocenters. The van der Waals surface area contributed by atoms with E-state index in [1.807, 2.05) is 0 Å². The molecule has 0 saturated heterocycles. The van der Waals surface area contributed by atoms with Gasteiger partial charge < -0.3 is 9.55 Å². The Hall–Kier alpha value is -0.610. The number of aromatic nitrogens is 2. The number of nitrogens with one attached hydrogen (secondary N) is 1. The van der Waals surface area contributed by atoms with E-state index in [0.717, 1.165) is 20.7 Å². The molecule has 0 spiro atoms. The Labute approximate surface area is 121 Å². The van der Waals surface area contributed by atoms with Crippen molar-refractivity contribution in [2.75, 3.05) is 0 Å². The lowest BCUT2D eigenvalue weighted by molar-refractivity contribution is 0.365. The van der Waals surface area contributed by atoms with E-state index in [1.54, 1.807) is 0 Å². The molecule has 1 aliphatic carbocycles. The van der Waals surface area contributed by atoms with Gasteiger partial charge in [-0.05, 0) is 56.1 Å². The summed E-state index contributed by atoms with van der Waals surface area (Å²) in [4.78, 5) is 3.32. The van der Waals surface area contributed by atoms with Gasteiger partial charge in [0, 0.05) is 10.5 Å². The minimum absolute atomic E-state index is 0.489. The third kappa shape index (κ3) is 2.05. The quantitative estimate of drug-likeness (QED) is 0.752. The number of fused-ring (bicyclic) bond motifs is 1. The summed E-state index contributed by atoms with van der Waals surface area (Å²) in [5.74, 6) is 0.773. The van der Waals surface area contributed by atoms with Crippen LogP contribution in [0.15, 0.2) is 22.7 Å². The number of imidazole rings is 1. The predicted molar refractivity (Wildman–Crippen MR) is 81.5 cm³/mol. The molecule has 0 bridgehead atoms. The number of rotatable bonds is 2. The number of H-pyrrole nitrogens is 1. The number of hydrogen-bond donors (Lipinski definition) is 1. The van der Waals surface area contributed by atoms with Gasteiger partial charge in [0.25, 0.3) is 0 Å². The van der Waals surface area contributed by atoms with Gasteiger partial charge in [0.1, 0.15) is 0 Å². The Morgan fingerprint density at radius 1 is 1.39 bits per heavy atom. The van der Waals surface area contributed by atoms with Gasteiger partial charge in [-0.25, -0.2) is 0 Å². The average molecular weight is 325 g/mol. The molecule has 2 nitrogen and oxygen atoms in total. The zero-order valence-electron chi connectivity index (χ0n) is 10.4. The van der Waals surface area contributed by atoms with E-state index in [2.05, 4.69) is 50.6 Å². The van der Waals surface area contributed by atoms with Crippen LogP contribution in [0.4, 0.5) is 0 Å².